The van der Waals surface area contributed by atoms with Gasteiger partial charge in [-0.2, -0.15) is 0 Å². The van der Waals surface area contributed by atoms with Crippen LogP contribution in [0.5, 0.6) is 0 Å². The monoisotopic (exact) mass is 219 g/mol. The van der Waals surface area contributed by atoms with Crippen LogP contribution < -0.4 is 5.73 Å². The molecule has 0 amide bonds. The van der Waals surface area contributed by atoms with Crippen LogP contribution in [0, 0.1) is 18.8 Å². The molecule has 0 radical (unpaired) electrons. The highest BCUT2D eigenvalue weighted by molar-refractivity contribution is 5.25. The fraction of sp³-hybridized carbons (Fsp3) is 0.600. The number of aryl methyl sites for hydroxylation is 1. The predicted octanol–water partition coefficient (Wildman–Crippen LogP) is 3.55. The molecule has 1 aromatic rings. The summed E-state index contributed by atoms with van der Waals surface area (Å²) in [6.07, 6.45) is 3.67. The smallest absolute Gasteiger partial charge is 0.00457 e. The van der Waals surface area contributed by atoms with E-state index < -0.39 is 0 Å². The van der Waals surface area contributed by atoms with Crippen molar-refractivity contribution in [3.63, 3.8) is 0 Å². The van der Waals surface area contributed by atoms with Crippen molar-refractivity contribution in [2.45, 2.75) is 40.0 Å². The van der Waals surface area contributed by atoms with Gasteiger partial charge in [-0.1, -0.05) is 44.5 Å². The molecule has 0 saturated carbocycles. The van der Waals surface area contributed by atoms with E-state index in [0.717, 1.165) is 18.9 Å². The zero-order valence-electron chi connectivity index (χ0n) is 10.9. The van der Waals surface area contributed by atoms with Crippen LogP contribution in [-0.2, 0) is 6.42 Å². The Morgan fingerprint density at radius 1 is 1.12 bits per heavy atom. The molecule has 1 unspecified atom stereocenters. The first-order valence-electron chi connectivity index (χ1n) is 6.38. The lowest BCUT2D eigenvalue weighted by molar-refractivity contribution is 0.428. The summed E-state index contributed by atoms with van der Waals surface area (Å²) < 4.78 is 0. The lowest BCUT2D eigenvalue weighted by Crippen LogP contribution is -2.18. The van der Waals surface area contributed by atoms with E-state index in [1.807, 2.05) is 0 Å². The van der Waals surface area contributed by atoms with Crippen LogP contribution in [0.3, 0.4) is 0 Å². The van der Waals surface area contributed by atoms with Gasteiger partial charge in [0, 0.05) is 0 Å². The first-order chi connectivity index (χ1) is 7.63. The Morgan fingerprint density at radius 2 is 1.81 bits per heavy atom. The molecule has 1 nitrogen and oxygen atoms in total. The number of nitrogens with two attached hydrogens (primary N) is 1. The quantitative estimate of drug-likeness (QED) is 0.778. The van der Waals surface area contributed by atoms with Gasteiger partial charge >= 0.3 is 0 Å². The zero-order valence-corrected chi connectivity index (χ0v) is 10.9. The highest BCUT2D eigenvalue weighted by Crippen LogP contribution is 2.18. The average Bonchev–Trinajstić information content (AvgIpc) is 2.26. The van der Waals surface area contributed by atoms with Gasteiger partial charge in [0.05, 0.1) is 0 Å². The summed E-state index contributed by atoms with van der Waals surface area (Å²) in [5.74, 6) is 1.43. The van der Waals surface area contributed by atoms with Gasteiger partial charge in [-0.15, -0.1) is 0 Å². The highest BCUT2D eigenvalue weighted by Gasteiger charge is 2.09. The Kier molecular flexibility index (Phi) is 5.54. The summed E-state index contributed by atoms with van der Waals surface area (Å²) in [6, 6.07) is 8.64. The molecule has 0 saturated heterocycles. The van der Waals surface area contributed by atoms with Crippen molar-refractivity contribution in [1.82, 2.24) is 0 Å². The average molecular weight is 219 g/mol. The molecule has 1 rings (SSSR count). The van der Waals surface area contributed by atoms with Crippen LogP contribution in [0.2, 0.25) is 0 Å². The highest BCUT2D eigenvalue weighted by atomic mass is 14.5. The van der Waals surface area contributed by atoms with E-state index in [4.69, 9.17) is 5.73 Å². The molecule has 1 atom stereocenters. The summed E-state index contributed by atoms with van der Waals surface area (Å²) in [6.45, 7) is 7.55. The fourth-order valence-corrected chi connectivity index (χ4v) is 2.02. The Hall–Kier alpha value is -0.820. The molecular formula is C15H25N. The molecule has 1 aromatic carbocycles. The molecule has 0 aliphatic rings. The van der Waals surface area contributed by atoms with Crippen molar-refractivity contribution in [2.75, 3.05) is 6.54 Å². The molecular weight excluding hydrogens is 194 g/mol. The Balaban J connectivity index is 2.53. The van der Waals surface area contributed by atoms with Crippen molar-refractivity contribution in [2.24, 2.45) is 17.6 Å². The third-order valence-corrected chi connectivity index (χ3v) is 3.26. The van der Waals surface area contributed by atoms with Crippen LogP contribution in [0.4, 0.5) is 0 Å². The van der Waals surface area contributed by atoms with Gasteiger partial charge in [-0.3, -0.25) is 0 Å². The minimum absolute atomic E-state index is 0.642. The number of benzene rings is 1. The van der Waals surface area contributed by atoms with Gasteiger partial charge in [-0.25, -0.2) is 0 Å². The van der Waals surface area contributed by atoms with E-state index in [-0.39, 0.29) is 0 Å². The van der Waals surface area contributed by atoms with E-state index in [1.165, 1.54) is 24.0 Å². The van der Waals surface area contributed by atoms with Crippen LogP contribution in [0.25, 0.3) is 0 Å². The summed E-state index contributed by atoms with van der Waals surface area (Å²) in [5, 5.41) is 0. The molecule has 1 heteroatoms. The van der Waals surface area contributed by atoms with Gasteiger partial charge in [0.2, 0.25) is 0 Å². The molecule has 16 heavy (non-hydrogen) atoms. The largest absolute Gasteiger partial charge is 0.330 e. The second-order valence-electron chi connectivity index (χ2n) is 5.20. The number of hydrogen-bond acceptors (Lipinski definition) is 1. The lowest BCUT2D eigenvalue weighted by atomic mass is 9.90. The third kappa shape index (κ3) is 4.36. The van der Waals surface area contributed by atoms with Crippen molar-refractivity contribution in [1.29, 1.82) is 0 Å². The summed E-state index contributed by atoms with van der Waals surface area (Å²) >= 11 is 0. The second-order valence-corrected chi connectivity index (χ2v) is 5.20. The maximum absolute atomic E-state index is 5.86. The van der Waals surface area contributed by atoms with Crippen LogP contribution in [0.15, 0.2) is 24.3 Å². The van der Waals surface area contributed by atoms with E-state index in [2.05, 4.69) is 45.0 Å². The first-order valence-corrected chi connectivity index (χ1v) is 6.38. The van der Waals surface area contributed by atoms with Crippen molar-refractivity contribution < 1.29 is 0 Å². The van der Waals surface area contributed by atoms with Crippen molar-refractivity contribution in [3.8, 4) is 0 Å². The molecule has 0 aliphatic carbocycles. The van der Waals surface area contributed by atoms with Gasteiger partial charge in [0.15, 0.2) is 0 Å². The van der Waals surface area contributed by atoms with Crippen molar-refractivity contribution >= 4 is 0 Å². The molecule has 0 aliphatic heterocycles. The van der Waals surface area contributed by atoms with E-state index in [9.17, 15) is 0 Å². The summed E-state index contributed by atoms with van der Waals surface area (Å²) in [4.78, 5) is 0. The SMILES string of the molecule is Cc1ccccc1CC(CN)CCC(C)C. The number of hydrogen-bond donors (Lipinski definition) is 1. The number of rotatable bonds is 6. The summed E-state index contributed by atoms with van der Waals surface area (Å²) in [7, 11) is 0. The van der Waals surface area contributed by atoms with Gasteiger partial charge in [0.25, 0.3) is 0 Å². The Bertz CT molecular complexity index is 304. The minimum Gasteiger partial charge on any atom is -0.330 e. The molecule has 0 spiro atoms. The minimum atomic E-state index is 0.642. The van der Waals surface area contributed by atoms with E-state index in [1.54, 1.807) is 0 Å². The molecule has 0 fully saturated rings. The molecule has 90 valence electrons. The van der Waals surface area contributed by atoms with Crippen molar-refractivity contribution in [3.05, 3.63) is 35.4 Å². The van der Waals surface area contributed by atoms with Crippen LogP contribution >= 0.6 is 0 Å². The summed E-state index contributed by atoms with van der Waals surface area (Å²) in [5.41, 5.74) is 8.71. The predicted molar refractivity (Wildman–Crippen MR) is 71.5 cm³/mol. The second kappa shape index (κ2) is 6.70. The maximum atomic E-state index is 5.86. The topological polar surface area (TPSA) is 26.0 Å². The molecule has 0 aromatic heterocycles. The van der Waals surface area contributed by atoms with Gasteiger partial charge in [0.1, 0.15) is 0 Å². The van der Waals surface area contributed by atoms with Gasteiger partial charge < -0.3 is 5.73 Å². The Labute approximate surface area is 100 Å². The fourth-order valence-electron chi connectivity index (χ4n) is 2.02. The lowest BCUT2D eigenvalue weighted by Gasteiger charge is -2.17. The van der Waals surface area contributed by atoms with Gasteiger partial charge in [-0.05, 0) is 49.3 Å². The first kappa shape index (κ1) is 13.2. The zero-order chi connectivity index (χ0) is 12.0. The molecule has 2 N–H and O–H groups in total. The van der Waals surface area contributed by atoms with E-state index >= 15 is 0 Å². The van der Waals surface area contributed by atoms with Crippen LogP contribution in [-0.4, -0.2) is 6.54 Å². The normalized spacial score (nSPS) is 13.1. The third-order valence-electron chi connectivity index (χ3n) is 3.26. The Morgan fingerprint density at radius 3 is 2.38 bits per heavy atom. The standard InChI is InChI=1S/C15H25N/c1-12(2)8-9-14(11-16)10-15-7-5-4-6-13(15)3/h4-7,12,14H,8-11,16H2,1-3H3. The van der Waals surface area contributed by atoms with Crippen LogP contribution in [0.1, 0.15) is 37.8 Å². The maximum Gasteiger partial charge on any atom is -0.00457 e. The molecule has 0 heterocycles. The van der Waals surface area contributed by atoms with E-state index in [0.29, 0.717) is 5.92 Å². The molecule has 0 bridgehead atoms.